The van der Waals surface area contributed by atoms with Crippen LogP contribution in [0, 0.1) is 11.7 Å². The number of carbonyl (C=O) groups is 2. The molecule has 2 atom stereocenters. The summed E-state index contributed by atoms with van der Waals surface area (Å²) in [5, 5.41) is 5.29. The molecule has 2 N–H and O–H groups in total. The second-order valence-electron chi connectivity index (χ2n) is 8.12. The normalized spacial score (nSPS) is 15.9. The van der Waals surface area contributed by atoms with Gasteiger partial charge in [-0.15, -0.1) is 0 Å². The van der Waals surface area contributed by atoms with Crippen LogP contribution >= 0.6 is 31.9 Å². The number of rotatable bonds is 7. The van der Waals surface area contributed by atoms with Gasteiger partial charge < -0.3 is 20.1 Å². The highest BCUT2D eigenvalue weighted by Crippen LogP contribution is 2.30. The van der Waals surface area contributed by atoms with Gasteiger partial charge in [0.1, 0.15) is 11.6 Å². The third-order valence-electron chi connectivity index (χ3n) is 5.58. The minimum Gasteiger partial charge on any atom is -0.491 e. The van der Waals surface area contributed by atoms with E-state index in [2.05, 4.69) is 42.5 Å². The van der Waals surface area contributed by atoms with Crippen molar-refractivity contribution in [2.45, 2.75) is 12.5 Å². The lowest BCUT2D eigenvalue weighted by molar-refractivity contribution is -0.136. The van der Waals surface area contributed by atoms with E-state index in [1.807, 2.05) is 6.07 Å². The minimum absolute atomic E-state index is 0.241. The van der Waals surface area contributed by atoms with Crippen LogP contribution in [0.1, 0.15) is 23.6 Å². The van der Waals surface area contributed by atoms with Crippen LogP contribution < -0.4 is 15.4 Å². The lowest BCUT2D eigenvalue weighted by Crippen LogP contribution is -2.38. The molecule has 2 amide bonds. The molecule has 0 spiro atoms. The molecule has 1 saturated heterocycles. The van der Waals surface area contributed by atoms with E-state index >= 15 is 0 Å². The summed E-state index contributed by atoms with van der Waals surface area (Å²) in [6.45, 7) is 1.78. The van der Waals surface area contributed by atoms with Gasteiger partial charge in [0, 0.05) is 27.0 Å². The first-order valence-electron chi connectivity index (χ1n) is 11.0. The maximum atomic E-state index is 14.8. The van der Waals surface area contributed by atoms with Gasteiger partial charge in [-0.25, -0.2) is 4.39 Å². The van der Waals surface area contributed by atoms with Crippen molar-refractivity contribution >= 4 is 49.4 Å². The molecule has 0 aromatic heterocycles. The highest BCUT2D eigenvalue weighted by atomic mass is 79.9. The summed E-state index contributed by atoms with van der Waals surface area (Å²) in [7, 11) is 0. The Morgan fingerprint density at radius 3 is 2.49 bits per heavy atom. The molecule has 6 nitrogen and oxygen atoms in total. The van der Waals surface area contributed by atoms with Gasteiger partial charge in [-0.3, -0.25) is 9.59 Å². The Balaban J connectivity index is 1.51. The van der Waals surface area contributed by atoms with E-state index < -0.39 is 23.7 Å². The number of ether oxygens (including phenoxy) is 2. The Kier molecular flexibility index (Phi) is 8.54. The number of anilines is 1. The summed E-state index contributed by atoms with van der Waals surface area (Å²) in [6.07, 6.45) is 0.911. The molecule has 35 heavy (non-hydrogen) atoms. The van der Waals surface area contributed by atoms with E-state index in [9.17, 15) is 14.0 Å². The molecule has 0 aliphatic carbocycles. The monoisotopic (exact) mass is 604 g/mol. The first-order valence-corrected chi connectivity index (χ1v) is 12.6. The molecule has 0 bridgehead atoms. The molecule has 1 aliphatic heterocycles. The van der Waals surface area contributed by atoms with Crippen molar-refractivity contribution in [3.05, 3.63) is 92.6 Å². The summed E-state index contributed by atoms with van der Waals surface area (Å²) < 4.78 is 27.3. The fraction of sp³-hybridized carbons (Fsp3) is 0.231. The molecular weight excluding hydrogens is 583 g/mol. The van der Waals surface area contributed by atoms with Crippen molar-refractivity contribution in [3.63, 3.8) is 0 Å². The maximum Gasteiger partial charge on any atom is 0.313 e. The predicted molar refractivity (Wildman–Crippen MR) is 138 cm³/mol. The predicted octanol–water partition coefficient (Wildman–Crippen LogP) is 5.61. The Morgan fingerprint density at radius 1 is 1.03 bits per heavy atom. The molecular formula is C26H23Br2FN2O4. The lowest BCUT2D eigenvalue weighted by Gasteiger charge is -2.21. The minimum atomic E-state index is -0.906. The molecule has 1 aliphatic rings. The van der Waals surface area contributed by atoms with Crippen LogP contribution in [-0.4, -0.2) is 31.6 Å². The van der Waals surface area contributed by atoms with Crippen molar-refractivity contribution < 1.29 is 23.5 Å². The molecule has 3 aromatic carbocycles. The molecule has 0 radical (unpaired) electrons. The molecule has 0 saturated carbocycles. The van der Waals surface area contributed by atoms with Crippen molar-refractivity contribution in [1.29, 1.82) is 0 Å². The SMILES string of the molecule is O=C(Nc1cc(Br)ccc1OCC1CCOC1)C(=O)NC(c1ccccc1)c1ccc(Br)cc1F. The number of hydrogen-bond donors (Lipinski definition) is 2. The van der Waals surface area contributed by atoms with Crippen LogP contribution in [0.3, 0.4) is 0 Å². The molecule has 4 rings (SSSR count). The molecule has 182 valence electrons. The third kappa shape index (κ3) is 6.68. The van der Waals surface area contributed by atoms with Crippen LogP contribution in [0.4, 0.5) is 10.1 Å². The largest absolute Gasteiger partial charge is 0.491 e. The van der Waals surface area contributed by atoms with Crippen molar-refractivity contribution in [1.82, 2.24) is 5.32 Å². The van der Waals surface area contributed by atoms with E-state index in [0.717, 1.165) is 6.42 Å². The van der Waals surface area contributed by atoms with E-state index in [-0.39, 0.29) is 11.5 Å². The zero-order chi connectivity index (χ0) is 24.8. The Hall–Kier alpha value is -2.75. The Labute approximate surface area is 219 Å². The fourth-order valence-corrected chi connectivity index (χ4v) is 4.44. The van der Waals surface area contributed by atoms with Gasteiger partial charge in [0.2, 0.25) is 0 Å². The second kappa shape index (κ2) is 11.8. The van der Waals surface area contributed by atoms with Crippen LogP contribution in [0.15, 0.2) is 75.7 Å². The summed E-state index contributed by atoms with van der Waals surface area (Å²) >= 11 is 6.63. The van der Waals surface area contributed by atoms with Crippen LogP contribution in [0.2, 0.25) is 0 Å². The molecule has 2 unspecified atom stereocenters. The first-order chi connectivity index (χ1) is 16.9. The summed E-state index contributed by atoms with van der Waals surface area (Å²) in [6, 6.07) is 17.8. The maximum absolute atomic E-state index is 14.8. The fourth-order valence-electron chi connectivity index (χ4n) is 3.75. The Morgan fingerprint density at radius 2 is 1.77 bits per heavy atom. The summed E-state index contributed by atoms with van der Waals surface area (Å²) in [4.78, 5) is 25.8. The lowest BCUT2D eigenvalue weighted by atomic mass is 9.98. The number of hydrogen-bond acceptors (Lipinski definition) is 4. The molecule has 1 heterocycles. The third-order valence-corrected chi connectivity index (χ3v) is 6.56. The topological polar surface area (TPSA) is 76.7 Å². The van der Waals surface area contributed by atoms with Gasteiger partial charge in [0.05, 0.1) is 24.9 Å². The van der Waals surface area contributed by atoms with Crippen molar-refractivity contribution in [2.24, 2.45) is 5.92 Å². The number of carbonyl (C=O) groups excluding carboxylic acids is 2. The van der Waals surface area contributed by atoms with Crippen LogP contribution in [0.25, 0.3) is 0 Å². The highest BCUT2D eigenvalue weighted by molar-refractivity contribution is 9.10. The van der Waals surface area contributed by atoms with Gasteiger partial charge in [0.25, 0.3) is 0 Å². The average molecular weight is 606 g/mol. The standard InChI is InChI=1S/C26H23Br2FN2O4/c27-18-6-8-20(21(29)12-18)24(17-4-2-1-3-5-17)31-26(33)25(32)30-22-13-19(28)7-9-23(22)35-15-16-10-11-34-14-16/h1-9,12-13,16,24H,10-11,14-15H2,(H,30,32)(H,31,33). The van der Waals surface area contributed by atoms with E-state index in [4.69, 9.17) is 9.47 Å². The molecule has 3 aromatic rings. The first kappa shape index (κ1) is 25.3. The number of halogens is 3. The zero-order valence-electron chi connectivity index (χ0n) is 18.6. The van der Waals surface area contributed by atoms with Crippen molar-refractivity contribution in [2.75, 3.05) is 25.1 Å². The zero-order valence-corrected chi connectivity index (χ0v) is 21.8. The highest BCUT2D eigenvalue weighted by Gasteiger charge is 2.25. The summed E-state index contributed by atoms with van der Waals surface area (Å²) in [5.41, 5.74) is 1.23. The van der Waals surface area contributed by atoms with E-state index in [0.29, 0.717) is 45.8 Å². The van der Waals surface area contributed by atoms with Crippen LogP contribution in [0.5, 0.6) is 5.75 Å². The molecule has 1 fully saturated rings. The number of benzene rings is 3. The van der Waals surface area contributed by atoms with Crippen molar-refractivity contribution in [3.8, 4) is 5.75 Å². The second-order valence-corrected chi connectivity index (χ2v) is 9.95. The van der Waals surface area contributed by atoms with Gasteiger partial charge in [0.15, 0.2) is 0 Å². The smallest absolute Gasteiger partial charge is 0.313 e. The van der Waals surface area contributed by atoms with Gasteiger partial charge in [-0.2, -0.15) is 0 Å². The Bertz CT molecular complexity index is 1200. The summed E-state index contributed by atoms with van der Waals surface area (Å²) in [5.74, 6) is -1.59. The van der Waals surface area contributed by atoms with Gasteiger partial charge >= 0.3 is 11.8 Å². The van der Waals surface area contributed by atoms with Crippen LogP contribution in [-0.2, 0) is 14.3 Å². The molecule has 9 heteroatoms. The number of amides is 2. The van der Waals surface area contributed by atoms with Gasteiger partial charge in [-0.1, -0.05) is 68.3 Å². The van der Waals surface area contributed by atoms with E-state index in [1.165, 1.54) is 6.07 Å². The quantitative estimate of drug-likeness (QED) is 0.343. The van der Waals surface area contributed by atoms with Gasteiger partial charge in [-0.05, 0) is 42.3 Å². The number of nitrogens with one attached hydrogen (secondary N) is 2. The van der Waals surface area contributed by atoms with E-state index in [1.54, 1.807) is 54.6 Å². The average Bonchev–Trinajstić information content (AvgIpc) is 3.36.